The Labute approximate surface area is 258 Å². The van der Waals surface area contributed by atoms with Crippen molar-refractivity contribution >= 4 is 65.1 Å². The maximum atomic E-state index is 12.4. The average molecular weight is 648 g/mol. The number of methoxy groups -OCH3 is 1. The van der Waals surface area contributed by atoms with Gasteiger partial charge in [-0.15, -0.1) is 10.2 Å². The summed E-state index contributed by atoms with van der Waals surface area (Å²) >= 11 is 0. The van der Waals surface area contributed by atoms with Crippen LogP contribution in [0.5, 0.6) is 11.5 Å². The number of anilines is 2. The van der Waals surface area contributed by atoms with Crippen molar-refractivity contribution in [1.29, 1.82) is 0 Å². The quantitative estimate of drug-likeness (QED) is 0.0905. The number of hydrogen-bond acceptors (Lipinski definition) is 11. The first kappa shape index (κ1) is 31.2. The fourth-order valence-electron chi connectivity index (χ4n) is 4.32. The molecule has 5 aromatic carbocycles. The van der Waals surface area contributed by atoms with E-state index in [4.69, 9.17) is 9.29 Å². The molecule has 5 aromatic rings. The summed E-state index contributed by atoms with van der Waals surface area (Å²) in [6, 6.07) is 23.6. The zero-order valence-corrected chi connectivity index (χ0v) is 25.3. The van der Waals surface area contributed by atoms with Crippen LogP contribution in [0.2, 0.25) is 0 Å². The number of azo groups is 2. The highest BCUT2D eigenvalue weighted by molar-refractivity contribution is 7.86. The van der Waals surface area contributed by atoms with E-state index in [-0.39, 0.29) is 21.7 Å². The molecular weight excluding hydrogens is 622 g/mol. The van der Waals surface area contributed by atoms with Gasteiger partial charge >= 0.3 is 0 Å². The summed E-state index contributed by atoms with van der Waals surface area (Å²) in [5, 5.41) is 31.2. The molecule has 0 aliphatic heterocycles. The minimum Gasteiger partial charge on any atom is -0.505 e. The molecule has 0 aliphatic rings. The smallest absolute Gasteiger partial charge is 0.296 e. The number of phenolic OH excluding ortho intramolecular Hbond substituents is 1. The van der Waals surface area contributed by atoms with Gasteiger partial charge in [-0.25, -0.2) is 0 Å². The number of aryl methyl sites for hydroxylation is 1. The van der Waals surface area contributed by atoms with Gasteiger partial charge in [-0.1, -0.05) is 18.2 Å². The molecule has 0 amide bonds. The number of ether oxygens (including phenoxy) is 1. The molecule has 0 aromatic heterocycles. The minimum atomic E-state index is -4.84. The van der Waals surface area contributed by atoms with Gasteiger partial charge in [0.2, 0.25) is 0 Å². The molecule has 13 nitrogen and oxygen atoms in total. The molecule has 230 valence electrons. The molecule has 0 unspecified atom stereocenters. The minimum absolute atomic E-state index is 0.162. The van der Waals surface area contributed by atoms with Crippen molar-refractivity contribution in [3.05, 3.63) is 96.6 Å². The lowest BCUT2D eigenvalue weighted by atomic mass is 10.1. The highest BCUT2D eigenvalue weighted by atomic mass is 32.2. The summed E-state index contributed by atoms with van der Waals surface area (Å²) in [5.74, 6) is -0.318. The van der Waals surface area contributed by atoms with E-state index in [1.165, 1.54) is 43.5 Å². The second-order valence-electron chi connectivity index (χ2n) is 9.65. The van der Waals surface area contributed by atoms with Crippen LogP contribution < -0.4 is 10.1 Å². The largest absolute Gasteiger partial charge is 0.505 e. The number of rotatable bonds is 9. The van der Waals surface area contributed by atoms with E-state index in [0.29, 0.717) is 28.0 Å². The molecule has 5 rings (SSSR count). The molecule has 0 fully saturated rings. The molecule has 0 atom stereocenters. The number of phenols is 1. The van der Waals surface area contributed by atoms with Crippen LogP contribution in [0.3, 0.4) is 0 Å². The molecule has 15 heteroatoms. The van der Waals surface area contributed by atoms with Gasteiger partial charge in [0.05, 0.1) is 23.4 Å². The van der Waals surface area contributed by atoms with Crippen LogP contribution in [0.25, 0.3) is 10.8 Å². The third-order valence-electron chi connectivity index (χ3n) is 6.55. The van der Waals surface area contributed by atoms with E-state index in [1.54, 1.807) is 31.2 Å². The van der Waals surface area contributed by atoms with E-state index in [9.17, 15) is 26.5 Å². The third-order valence-corrected chi connectivity index (χ3v) is 8.29. The van der Waals surface area contributed by atoms with Crippen molar-refractivity contribution in [3.63, 3.8) is 0 Å². The average Bonchev–Trinajstić information content (AvgIpc) is 2.99. The fraction of sp³-hybridized carbons (Fsp3) is 0.0667. The summed E-state index contributed by atoms with van der Waals surface area (Å²) in [6.45, 7) is 1.70. The van der Waals surface area contributed by atoms with Gasteiger partial charge in [0.1, 0.15) is 22.0 Å². The van der Waals surface area contributed by atoms with Crippen molar-refractivity contribution < 1.29 is 35.8 Å². The highest BCUT2D eigenvalue weighted by Gasteiger charge is 2.22. The number of nitrogens with zero attached hydrogens (tertiary/aromatic N) is 4. The second-order valence-corrected chi connectivity index (χ2v) is 12.5. The maximum absolute atomic E-state index is 12.4. The Morgan fingerprint density at radius 2 is 1.40 bits per heavy atom. The van der Waals surface area contributed by atoms with Crippen molar-refractivity contribution in [1.82, 2.24) is 0 Å². The van der Waals surface area contributed by atoms with E-state index in [2.05, 4.69) is 25.8 Å². The van der Waals surface area contributed by atoms with Crippen molar-refractivity contribution in [2.45, 2.75) is 16.7 Å². The molecule has 0 radical (unpaired) electrons. The Hall–Kier alpha value is -5.22. The monoisotopic (exact) mass is 647 g/mol. The molecular formula is C30H25N5O8S2. The van der Waals surface area contributed by atoms with Gasteiger partial charge in [0.15, 0.2) is 5.75 Å². The van der Waals surface area contributed by atoms with E-state index in [0.717, 1.165) is 5.69 Å². The van der Waals surface area contributed by atoms with Crippen molar-refractivity contribution in [2.75, 3.05) is 12.4 Å². The molecule has 0 saturated heterocycles. The van der Waals surface area contributed by atoms with Gasteiger partial charge in [-0.3, -0.25) is 9.11 Å². The maximum Gasteiger partial charge on any atom is 0.296 e. The lowest BCUT2D eigenvalue weighted by Gasteiger charge is -2.12. The lowest BCUT2D eigenvalue weighted by molar-refractivity contribution is 0.416. The number of benzene rings is 5. The molecule has 0 saturated carbocycles. The number of nitrogens with one attached hydrogen (secondary N) is 1. The second kappa shape index (κ2) is 12.4. The molecule has 45 heavy (non-hydrogen) atoms. The summed E-state index contributed by atoms with van der Waals surface area (Å²) in [7, 11) is -7.81. The summed E-state index contributed by atoms with van der Waals surface area (Å²) < 4.78 is 71.7. The predicted octanol–water partition coefficient (Wildman–Crippen LogP) is 7.93. The first-order valence-electron chi connectivity index (χ1n) is 13.0. The van der Waals surface area contributed by atoms with Gasteiger partial charge < -0.3 is 15.2 Å². The normalized spacial score (nSPS) is 12.3. The van der Waals surface area contributed by atoms with Crippen molar-refractivity contribution in [2.24, 2.45) is 20.5 Å². The third kappa shape index (κ3) is 7.13. The first-order valence-corrected chi connectivity index (χ1v) is 15.9. The zero-order chi connectivity index (χ0) is 32.4. The SMILES string of the molecule is COc1cc(/N=N/c2ccc(S(=O)(=O)O)cc2)c(C)cc1/N=N\c1c(S(=O)(=O)O)cc2cc(Nc3ccccc3)ccc2c1O. The van der Waals surface area contributed by atoms with Gasteiger partial charge in [0.25, 0.3) is 20.2 Å². The van der Waals surface area contributed by atoms with Crippen LogP contribution in [0, 0.1) is 6.92 Å². The highest BCUT2D eigenvalue weighted by Crippen LogP contribution is 2.43. The summed E-state index contributed by atoms with van der Waals surface area (Å²) in [6.07, 6.45) is 0. The van der Waals surface area contributed by atoms with E-state index >= 15 is 0 Å². The van der Waals surface area contributed by atoms with Gasteiger partial charge in [0, 0.05) is 22.8 Å². The van der Waals surface area contributed by atoms with Crippen LogP contribution in [0.1, 0.15) is 5.56 Å². The Morgan fingerprint density at radius 3 is 2.04 bits per heavy atom. The first-order chi connectivity index (χ1) is 21.3. The number of hydrogen-bond donors (Lipinski definition) is 4. The Morgan fingerprint density at radius 1 is 0.711 bits per heavy atom. The molecule has 0 aliphatic carbocycles. The zero-order valence-electron chi connectivity index (χ0n) is 23.6. The Balaban J connectivity index is 1.49. The van der Waals surface area contributed by atoms with E-state index < -0.39 is 36.6 Å². The van der Waals surface area contributed by atoms with Gasteiger partial charge in [-0.05, 0) is 84.6 Å². The standard InChI is InChI=1S/C30H25N5O8S2/c1-18-14-26(27(43-2)17-25(18)33-32-21-8-11-23(12-9-21)44(37,38)39)34-35-29-28(45(40,41)42)16-19-15-22(10-13-24(19)30(29)36)31-20-6-4-3-5-7-20/h3-17,31,36H,1-2H3,(H,37,38,39)(H,40,41,42)/b33-32+,35-34-. The molecule has 4 N–H and O–H groups in total. The van der Waals surface area contributed by atoms with Crippen molar-refractivity contribution in [3.8, 4) is 11.5 Å². The fourth-order valence-corrected chi connectivity index (χ4v) is 5.46. The Kier molecular flexibility index (Phi) is 8.61. The Bertz CT molecular complexity index is 2190. The lowest BCUT2D eigenvalue weighted by Crippen LogP contribution is -1.99. The molecule has 0 spiro atoms. The number of fused-ring (bicyclic) bond motifs is 1. The topological polar surface area (TPSA) is 200 Å². The predicted molar refractivity (Wildman–Crippen MR) is 167 cm³/mol. The molecule has 0 heterocycles. The van der Waals surface area contributed by atoms with Crippen LogP contribution in [-0.2, 0) is 20.2 Å². The van der Waals surface area contributed by atoms with E-state index in [1.807, 2.05) is 30.3 Å². The summed E-state index contributed by atoms with van der Waals surface area (Å²) in [4.78, 5) is -0.928. The summed E-state index contributed by atoms with van der Waals surface area (Å²) in [5.41, 5.74) is 2.37. The number of aromatic hydroxyl groups is 1. The molecule has 0 bridgehead atoms. The van der Waals surface area contributed by atoms with Crippen LogP contribution in [0.15, 0.2) is 121 Å². The number of para-hydroxylation sites is 1. The van der Waals surface area contributed by atoms with Crippen LogP contribution in [0.4, 0.5) is 34.1 Å². The van der Waals surface area contributed by atoms with Gasteiger partial charge in [-0.2, -0.15) is 27.1 Å². The van der Waals surface area contributed by atoms with Crippen LogP contribution in [-0.4, -0.2) is 38.2 Å². The van der Waals surface area contributed by atoms with Crippen LogP contribution >= 0.6 is 0 Å².